The zero-order valence-electron chi connectivity index (χ0n) is 17.3. The zero-order valence-corrected chi connectivity index (χ0v) is 17.3. The molecule has 0 spiro atoms. The summed E-state index contributed by atoms with van der Waals surface area (Å²) in [5, 5.41) is 41.9. The van der Waals surface area contributed by atoms with Crippen molar-refractivity contribution in [2.45, 2.75) is 0 Å². The first-order valence-corrected chi connectivity index (χ1v) is 9.37. The third kappa shape index (κ3) is 3.95. The van der Waals surface area contributed by atoms with E-state index in [2.05, 4.69) is 35.8 Å². The fourth-order valence-electron chi connectivity index (χ4n) is 3.01. The molecule has 4 rings (SSSR count). The van der Waals surface area contributed by atoms with Crippen molar-refractivity contribution in [2.24, 2.45) is 5.10 Å². The van der Waals surface area contributed by atoms with Gasteiger partial charge in [-0.3, -0.25) is 14.9 Å². The summed E-state index contributed by atoms with van der Waals surface area (Å²) in [6, 6.07) is 11.0. The molecule has 3 N–H and O–H groups in total. The normalized spacial score (nSPS) is 11.0. The molecule has 0 bridgehead atoms. The van der Waals surface area contributed by atoms with Gasteiger partial charge in [0.05, 0.1) is 18.2 Å². The van der Waals surface area contributed by atoms with E-state index >= 15 is 0 Å². The van der Waals surface area contributed by atoms with Crippen LogP contribution in [0.3, 0.4) is 0 Å². The van der Waals surface area contributed by atoms with E-state index in [4.69, 9.17) is 10.5 Å². The second kappa shape index (κ2) is 9.03. The van der Waals surface area contributed by atoms with Crippen molar-refractivity contribution < 1.29 is 24.2 Å². The second-order valence-corrected chi connectivity index (χ2v) is 6.53. The summed E-state index contributed by atoms with van der Waals surface area (Å²) >= 11 is 0. The van der Waals surface area contributed by atoms with Gasteiger partial charge in [0.15, 0.2) is 5.69 Å². The number of hydrogen-bond donors (Lipinski definition) is 2. The molecule has 0 aliphatic rings. The Morgan fingerprint density at radius 1 is 1.26 bits per heavy atom. The number of nitrogens with one attached hydrogen (secondary N) is 1. The molecule has 2 aromatic heterocycles. The summed E-state index contributed by atoms with van der Waals surface area (Å²) in [5.74, 6) is -1.99. The van der Waals surface area contributed by atoms with Crippen molar-refractivity contribution in [1.29, 1.82) is 0 Å². The molecule has 0 atom stereocenters. The molecular weight excluding hydrogens is 450 g/mol. The smallest absolute Gasteiger partial charge is 0.294 e. The Kier molecular flexibility index (Phi) is 5.81. The number of nitro benzene ring substituents is 1. The highest BCUT2D eigenvalue weighted by molar-refractivity contribution is 5.99. The Bertz CT molecular complexity index is 1400. The summed E-state index contributed by atoms with van der Waals surface area (Å²) < 4.78 is 10.8. The highest BCUT2D eigenvalue weighted by Crippen LogP contribution is 2.35. The molecule has 0 radical (unpaired) electrons. The van der Waals surface area contributed by atoms with E-state index in [9.17, 15) is 20.0 Å². The maximum absolute atomic E-state index is 12.8. The molecule has 34 heavy (non-hydrogen) atoms. The van der Waals surface area contributed by atoms with Crippen molar-refractivity contribution in [3.63, 3.8) is 0 Å². The molecule has 0 aliphatic carbocycles. The van der Waals surface area contributed by atoms with E-state index in [1.54, 1.807) is 30.3 Å². The SMILES string of the molecule is COc1c(C=NNC(=O)c2nnn(-c3nonc3N)c2-c2ccccc2)ccc([N+](=O)[O-])c1[O-]. The average Bonchev–Trinajstić information content (AvgIpc) is 3.45. The monoisotopic (exact) mass is 464 g/mol. The number of hydrazone groups is 1. The summed E-state index contributed by atoms with van der Waals surface area (Å²) in [7, 11) is 1.19. The lowest BCUT2D eigenvalue weighted by atomic mass is 10.1. The fraction of sp³-hybridized carbons (Fsp3) is 0.0526. The van der Waals surface area contributed by atoms with Crippen LogP contribution in [0.2, 0.25) is 0 Å². The van der Waals surface area contributed by atoms with Gasteiger partial charge in [0.1, 0.15) is 11.4 Å². The standard InChI is InChI=1S/C19H15N9O6/c1-33-16-11(7-8-12(15(16)29)28(31)32)9-21-23-19(30)13-14(10-5-3-2-4-6-10)27(26-22-13)18-17(20)24-34-25-18/h2-9,29H,1H3,(H2,20,24)(H,23,30)/p-1. The van der Waals surface area contributed by atoms with Gasteiger partial charge in [0.25, 0.3) is 11.6 Å². The van der Waals surface area contributed by atoms with Crippen molar-refractivity contribution in [1.82, 2.24) is 30.7 Å². The average molecular weight is 464 g/mol. The van der Waals surface area contributed by atoms with Gasteiger partial charge < -0.3 is 15.6 Å². The Hall–Kier alpha value is -5.34. The minimum atomic E-state index is -0.920. The van der Waals surface area contributed by atoms with E-state index in [-0.39, 0.29) is 34.3 Å². The molecule has 15 nitrogen and oxygen atoms in total. The molecule has 0 fully saturated rings. The van der Waals surface area contributed by atoms with Gasteiger partial charge in [-0.25, -0.2) is 10.1 Å². The number of benzene rings is 2. The van der Waals surface area contributed by atoms with Crippen LogP contribution in [-0.2, 0) is 0 Å². The van der Waals surface area contributed by atoms with E-state index < -0.39 is 22.3 Å². The number of methoxy groups -OCH3 is 1. The molecule has 172 valence electrons. The van der Waals surface area contributed by atoms with Crippen molar-refractivity contribution >= 4 is 23.6 Å². The van der Waals surface area contributed by atoms with Gasteiger partial charge in [-0.15, -0.1) is 5.10 Å². The van der Waals surface area contributed by atoms with Gasteiger partial charge in [0, 0.05) is 22.9 Å². The molecule has 0 saturated carbocycles. The van der Waals surface area contributed by atoms with Crippen molar-refractivity contribution in [3.8, 4) is 28.6 Å². The summed E-state index contributed by atoms with van der Waals surface area (Å²) in [6.45, 7) is 0. The van der Waals surface area contributed by atoms with Crippen molar-refractivity contribution in [3.05, 3.63) is 63.8 Å². The van der Waals surface area contributed by atoms with Crippen LogP contribution in [0.25, 0.3) is 17.1 Å². The topological polar surface area (TPSA) is 213 Å². The summed E-state index contributed by atoms with van der Waals surface area (Å²) in [6.07, 6.45) is 1.11. The number of nitrogens with zero attached hydrogens (tertiary/aromatic N) is 7. The van der Waals surface area contributed by atoms with Crippen LogP contribution in [0.5, 0.6) is 11.5 Å². The first kappa shape index (κ1) is 21.9. The van der Waals surface area contributed by atoms with Crippen LogP contribution in [0.4, 0.5) is 11.5 Å². The molecular formula is C19H14N9O6-. The van der Waals surface area contributed by atoms with E-state index in [0.717, 1.165) is 12.3 Å². The first-order valence-electron chi connectivity index (χ1n) is 9.37. The molecule has 1 amide bonds. The number of carbonyl (C=O) groups is 1. The Morgan fingerprint density at radius 2 is 2.03 bits per heavy atom. The van der Waals surface area contributed by atoms with Crippen LogP contribution >= 0.6 is 0 Å². The predicted octanol–water partition coefficient (Wildman–Crippen LogP) is 0.654. The molecule has 0 unspecified atom stereocenters. The largest absolute Gasteiger partial charge is 0.865 e. The highest BCUT2D eigenvalue weighted by Gasteiger charge is 2.25. The van der Waals surface area contributed by atoms with Gasteiger partial charge in [-0.1, -0.05) is 35.5 Å². The number of hydrogen-bond acceptors (Lipinski definition) is 12. The lowest BCUT2D eigenvalue weighted by Crippen LogP contribution is -2.19. The van der Waals surface area contributed by atoms with E-state index in [1.807, 2.05) is 0 Å². The molecule has 2 heterocycles. The van der Waals surface area contributed by atoms with E-state index in [1.165, 1.54) is 17.9 Å². The Labute approximate surface area is 189 Å². The van der Waals surface area contributed by atoms with Crippen LogP contribution < -0.4 is 21.0 Å². The zero-order chi connectivity index (χ0) is 24.2. The maximum atomic E-state index is 12.8. The van der Waals surface area contributed by atoms with Gasteiger partial charge in [-0.05, 0) is 16.4 Å². The predicted molar refractivity (Wildman–Crippen MR) is 113 cm³/mol. The van der Waals surface area contributed by atoms with Gasteiger partial charge >= 0.3 is 0 Å². The number of carbonyl (C=O) groups excluding carboxylic acids is 1. The second-order valence-electron chi connectivity index (χ2n) is 6.53. The lowest BCUT2D eigenvalue weighted by Gasteiger charge is -2.14. The van der Waals surface area contributed by atoms with Crippen LogP contribution in [-0.4, -0.2) is 49.5 Å². The van der Waals surface area contributed by atoms with E-state index in [0.29, 0.717) is 5.56 Å². The van der Waals surface area contributed by atoms with Gasteiger partial charge in [-0.2, -0.15) is 9.78 Å². The summed E-state index contributed by atoms with van der Waals surface area (Å²) in [4.78, 5) is 23.0. The molecule has 4 aromatic rings. The number of rotatable bonds is 7. The third-order valence-corrected chi connectivity index (χ3v) is 4.52. The first-order chi connectivity index (χ1) is 16.4. The lowest BCUT2D eigenvalue weighted by molar-refractivity contribution is -0.398. The number of nitro groups is 1. The van der Waals surface area contributed by atoms with Crippen LogP contribution in [0.15, 0.2) is 52.2 Å². The quantitative estimate of drug-likeness (QED) is 0.220. The summed E-state index contributed by atoms with van der Waals surface area (Å²) in [5.41, 5.74) is 8.19. The van der Waals surface area contributed by atoms with Crippen LogP contribution in [0.1, 0.15) is 16.1 Å². The Morgan fingerprint density at radius 3 is 2.68 bits per heavy atom. The molecule has 2 aromatic carbocycles. The number of amides is 1. The number of nitrogens with two attached hydrogens (primary N) is 1. The fourth-order valence-corrected chi connectivity index (χ4v) is 3.01. The van der Waals surface area contributed by atoms with Gasteiger partial charge in [0.2, 0.25) is 11.6 Å². The molecule has 0 aliphatic heterocycles. The molecule has 0 saturated heterocycles. The number of anilines is 1. The molecule has 15 heteroatoms. The number of nitrogen functional groups attached to an aromatic ring is 1. The minimum absolute atomic E-state index is 0.0347. The van der Waals surface area contributed by atoms with Crippen LogP contribution in [0, 0.1) is 10.1 Å². The highest BCUT2D eigenvalue weighted by atomic mass is 16.6. The maximum Gasteiger partial charge on any atom is 0.294 e. The third-order valence-electron chi connectivity index (χ3n) is 4.52. The Balaban J connectivity index is 1.66. The number of ether oxygens (including phenoxy) is 1. The number of aromatic nitrogens is 5. The minimum Gasteiger partial charge on any atom is -0.865 e. The van der Waals surface area contributed by atoms with Crippen molar-refractivity contribution in [2.75, 3.05) is 12.8 Å².